The van der Waals surface area contributed by atoms with Crippen LogP contribution in [0.2, 0.25) is 5.02 Å². The Kier molecular flexibility index (Phi) is 4.13. The van der Waals surface area contributed by atoms with Crippen molar-refractivity contribution in [3.05, 3.63) is 28.3 Å². The molecule has 0 aromatic heterocycles. The Hall–Kier alpha value is -1.11. The van der Waals surface area contributed by atoms with Crippen LogP contribution in [0.1, 0.15) is 22.8 Å². The summed E-state index contributed by atoms with van der Waals surface area (Å²) in [6, 6.07) is 2.51. The third kappa shape index (κ3) is 3.18. The van der Waals surface area contributed by atoms with Gasteiger partial charge in [-0.1, -0.05) is 11.6 Å². The number of nitrogens with two attached hydrogens (primary N) is 1. The molecule has 0 bridgehead atoms. The number of esters is 1. The Labute approximate surface area is 105 Å². The Balaban J connectivity index is 3.39. The smallest absolute Gasteiger partial charge is 0.338 e. The van der Waals surface area contributed by atoms with Crippen molar-refractivity contribution >= 4 is 27.6 Å². The molecule has 1 aromatic carbocycles. The van der Waals surface area contributed by atoms with Gasteiger partial charge >= 0.3 is 5.97 Å². The Morgan fingerprint density at radius 1 is 1.47 bits per heavy atom. The molecule has 0 aliphatic rings. The number of carbonyl (C=O) groups is 1. The van der Waals surface area contributed by atoms with Gasteiger partial charge in [0, 0.05) is 5.02 Å². The first-order valence-electron chi connectivity index (χ1n) is 4.77. The van der Waals surface area contributed by atoms with Crippen molar-refractivity contribution in [2.24, 2.45) is 5.14 Å². The van der Waals surface area contributed by atoms with Crippen LogP contribution in [0.25, 0.3) is 0 Å². The van der Waals surface area contributed by atoms with E-state index in [0.29, 0.717) is 5.56 Å². The van der Waals surface area contributed by atoms with Gasteiger partial charge in [-0.15, -0.1) is 0 Å². The molecule has 0 heterocycles. The van der Waals surface area contributed by atoms with Gasteiger partial charge < -0.3 is 4.74 Å². The van der Waals surface area contributed by atoms with Gasteiger partial charge in [0.2, 0.25) is 10.0 Å². The Morgan fingerprint density at radius 2 is 2.06 bits per heavy atom. The van der Waals surface area contributed by atoms with Crippen LogP contribution in [0, 0.1) is 6.92 Å². The molecule has 0 saturated carbocycles. The molecule has 0 unspecified atom stereocenters. The minimum atomic E-state index is -3.92. The van der Waals surface area contributed by atoms with Crippen LogP contribution < -0.4 is 5.14 Å². The van der Waals surface area contributed by atoms with Crippen molar-refractivity contribution in [2.45, 2.75) is 18.7 Å². The van der Waals surface area contributed by atoms with Gasteiger partial charge in [-0.2, -0.15) is 0 Å². The van der Waals surface area contributed by atoms with E-state index in [1.165, 1.54) is 13.0 Å². The van der Waals surface area contributed by atoms with E-state index in [1.807, 2.05) is 0 Å². The van der Waals surface area contributed by atoms with Crippen LogP contribution in [0.3, 0.4) is 0 Å². The number of ether oxygens (including phenoxy) is 1. The summed E-state index contributed by atoms with van der Waals surface area (Å²) in [5, 5.41) is 5.18. The van der Waals surface area contributed by atoms with Crippen LogP contribution in [0.4, 0.5) is 0 Å². The van der Waals surface area contributed by atoms with E-state index in [0.717, 1.165) is 6.07 Å². The maximum atomic E-state index is 11.5. The molecule has 5 nitrogen and oxygen atoms in total. The van der Waals surface area contributed by atoms with Crippen molar-refractivity contribution in [1.82, 2.24) is 0 Å². The van der Waals surface area contributed by atoms with E-state index >= 15 is 0 Å². The van der Waals surface area contributed by atoms with Crippen molar-refractivity contribution in [3.63, 3.8) is 0 Å². The summed E-state index contributed by atoms with van der Waals surface area (Å²) >= 11 is 5.84. The maximum Gasteiger partial charge on any atom is 0.338 e. The second-order valence-corrected chi connectivity index (χ2v) is 5.28. The van der Waals surface area contributed by atoms with E-state index in [1.54, 1.807) is 6.92 Å². The summed E-state index contributed by atoms with van der Waals surface area (Å²) in [5.74, 6) is -0.640. The largest absolute Gasteiger partial charge is 0.462 e. The standard InChI is InChI=1S/C10H12ClNO4S/c1-3-16-10(13)7-4-8(11)6(2)9(5-7)17(12,14)15/h4-5H,3H2,1-2H3,(H2,12,14,15). The van der Waals surface area contributed by atoms with Gasteiger partial charge in [-0.05, 0) is 31.5 Å². The molecule has 0 fully saturated rings. The number of benzene rings is 1. The van der Waals surface area contributed by atoms with Crippen LogP contribution in [0.15, 0.2) is 17.0 Å². The summed E-state index contributed by atoms with van der Waals surface area (Å²) in [6.45, 7) is 3.35. The number of halogens is 1. The number of primary sulfonamides is 1. The third-order valence-corrected chi connectivity index (χ3v) is 3.54. The van der Waals surface area contributed by atoms with Crippen molar-refractivity contribution in [1.29, 1.82) is 0 Å². The molecule has 7 heteroatoms. The highest BCUT2D eigenvalue weighted by atomic mass is 35.5. The SMILES string of the molecule is CCOC(=O)c1cc(Cl)c(C)c(S(N)(=O)=O)c1. The molecule has 94 valence electrons. The molecule has 17 heavy (non-hydrogen) atoms. The van der Waals surface area contributed by atoms with Crippen LogP contribution in [-0.4, -0.2) is 21.0 Å². The molecule has 1 aromatic rings. The predicted molar refractivity (Wildman–Crippen MR) is 63.5 cm³/mol. The zero-order valence-electron chi connectivity index (χ0n) is 9.36. The minimum absolute atomic E-state index is 0.0616. The van der Waals surface area contributed by atoms with E-state index in [2.05, 4.69) is 0 Å². The number of sulfonamides is 1. The summed E-state index contributed by atoms with van der Waals surface area (Å²) in [4.78, 5) is 11.3. The van der Waals surface area contributed by atoms with Gasteiger partial charge in [0.1, 0.15) is 0 Å². The Bertz CT molecular complexity index is 554. The van der Waals surface area contributed by atoms with Crippen LogP contribution in [0.5, 0.6) is 0 Å². The van der Waals surface area contributed by atoms with Crippen molar-refractivity contribution in [3.8, 4) is 0 Å². The van der Waals surface area contributed by atoms with Crippen molar-refractivity contribution in [2.75, 3.05) is 6.61 Å². The molecule has 0 spiro atoms. The lowest BCUT2D eigenvalue weighted by Gasteiger charge is -2.08. The fourth-order valence-electron chi connectivity index (χ4n) is 1.28. The lowest BCUT2D eigenvalue weighted by atomic mass is 10.1. The minimum Gasteiger partial charge on any atom is -0.462 e. The molecule has 1 rings (SSSR count). The fraction of sp³-hybridized carbons (Fsp3) is 0.300. The molecule has 0 aliphatic heterocycles. The predicted octanol–water partition coefficient (Wildman–Crippen LogP) is 1.47. The summed E-state index contributed by atoms with van der Waals surface area (Å²) < 4.78 is 27.4. The first kappa shape index (κ1) is 14.0. The molecule has 0 radical (unpaired) electrons. The zero-order valence-corrected chi connectivity index (χ0v) is 10.9. The van der Waals surface area contributed by atoms with Gasteiger partial charge in [-0.3, -0.25) is 0 Å². The highest BCUT2D eigenvalue weighted by Crippen LogP contribution is 2.24. The number of rotatable bonds is 3. The Morgan fingerprint density at radius 3 is 2.53 bits per heavy atom. The fourth-order valence-corrected chi connectivity index (χ4v) is 2.38. The van der Waals surface area contributed by atoms with Crippen molar-refractivity contribution < 1.29 is 17.9 Å². The lowest BCUT2D eigenvalue weighted by molar-refractivity contribution is 0.0526. The van der Waals surface area contributed by atoms with E-state index in [9.17, 15) is 13.2 Å². The number of carbonyl (C=O) groups excluding carboxylic acids is 1. The average molecular weight is 278 g/mol. The van der Waals surface area contributed by atoms with E-state index < -0.39 is 16.0 Å². The quantitative estimate of drug-likeness (QED) is 0.848. The average Bonchev–Trinajstić information content (AvgIpc) is 2.20. The third-order valence-electron chi connectivity index (χ3n) is 2.11. The second kappa shape index (κ2) is 5.03. The topological polar surface area (TPSA) is 86.5 Å². The lowest BCUT2D eigenvalue weighted by Crippen LogP contribution is -2.15. The molecule has 0 amide bonds. The van der Waals surface area contributed by atoms with Crippen LogP contribution in [-0.2, 0) is 14.8 Å². The monoisotopic (exact) mass is 277 g/mol. The number of hydrogen-bond acceptors (Lipinski definition) is 4. The first-order valence-corrected chi connectivity index (χ1v) is 6.70. The van der Waals surface area contributed by atoms with Gasteiger partial charge in [0.15, 0.2) is 0 Å². The van der Waals surface area contributed by atoms with Gasteiger partial charge in [0.25, 0.3) is 0 Å². The van der Waals surface area contributed by atoms with Crippen LogP contribution >= 0.6 is 11.6 Å². The normalized spacial score (nSPS) is 11.3. The maximum absolute atomic E-state index is 11.5. The first-order chi connectivity index (χ1) is 7.77. The van der Waals surface area contributed by atoms with Gasteiger partial charge in [-0.25, -0.2) is 18.4 Å². The molecule has 0 aliphatic carbocycles. The molecule has 0 atom stereocenters. The molecule has 0 saturated heterocycles. The zero-order chi connectivity index (χ0) is 13.2. The molecular formula is C10H12ClNO4S. The highest BCUT2D eigenvalue weighted by Gasteiger charge is 2.18. The molecular weight excluding hydrogens is 266 g/mol. The van der Waals surface area contributed by atoms with E-state index in [4.69, 9.17) is 21.5 Å². The summed E-state index contributed by atoms with van der Waals surface area (Å²) in [6.07, 6.45) is 0. The van der Waals surface area contributed by atoms with Gasteiger partial charge in [0.05, 0.1) is 17.1 Å². The van der Waals surface area contributed by atoms with E-state index in [-0.39, 0.29) is 22.1 Å². The second-order valence-electron chi connectivity index (χ2n) is 3.35. The number of hydrogen-bond donors (Lipinski definition) is 1. The highest BCUT2D eigenvalue weighted by molar-refractivity contribution is 7.89. The molecule has 2 N–H and O–H groups in total. The summed E-state index contributed by atoms with van der Waals surface area (Å²) in [7, 11) is -3.92. The summed E-state index contributed by atoms with van der Waals surface area (Å²) in [5.41, 5.74) is 0.369.